The number of hydrogen-bond donors (Lipinski definition) is 2. The zero-order valence-electron chi connectivity index (χ0n) is 16.4. The molecule has 4 atom stereocenters. The third-order valence-corrected chi connectivity index (χ3v) is 6.72. The summed E-state index contributed by atoms with van der Waals surface area (Å²) in [7, 11) is 0. The smallest absolute Gasteiger partial charge is 0.148 e. The molecule has 0 aromatic heterocycles. The molecule has 2 N–H and O–H groups in total. The van der Waals surface area contributed by atoms with E-state index >= 15 is 0 Å². The van der Waals surface area contributed by atoms with Gasteiger partial charge in [0, 0.05) is 49.2 Å². The maximum atomic E-state index is 14.8. The molecule has 3 aliphatic rings. The van der Waals surface area contributed by atoms with Crippen LogP contribution in [-0.2, 0) is 4.74 Å². The molecule has 0 amide bonds. The number of halogens is 2. The standard InChI is InChI=1S/C23H27ClFN3O/c24-16-12-19-22(20(25)13-16)27-21(15-4-2-1-3-5-15)18-7-6-17(29-23(18)19)14-28-10-8-26-9-11-28/h1-5,12-13,17-18,21,23,26-27H,6-11,14H2/t17-,18+,21+,23+/m1/s1. The predicted molar refractivity (Wildman–Crippen MR) is 114 cm³/mol. The highest BCUT2D eigenvalue weighted by molar-refractivity contribution is 6.30. The second-order valence-corrected chi connectivity index (χ2v) is 8.79. The number of nitrogens with zero attached hydrogens (tertiary/aromatic N) is 1. The zero-order chi connectivity index (χ0) is 19.8. The van der Waals surface area contributed by atoms with Crippen LogP contribution in [0.2, 0.25) is 5.02 Å². The second-order valence-electron chi connectivity index (χ2n) is 8.36. The largest absolute Gasteiger partial charge is 0.375 e. The van der Waals surface area contributed by atoms with Gasteiger partial charge in [0.1, 0.15) is 5.82 Å². The highest BCUT2D eigenvalue weighted by atomic mass is 35.5. The van der Waals surface area contributed by atoms with Crippen molar-refractivity contribution in [1.82, 2.24) is 10.2 Å². The highest BCUT2D eigenvalue weighted by Crippen LogP contribution is 2.51. The molecule has 29 heavy (non-hydrogen) atoms. The number of benzene rings is 2. The maximum absolute atomic E-state index is 14.8. The van der Waals surface area contributed by atoms with Gasteiger partial charge >= 0.3 is 0 Å². The van der Waals surface area contributed by atoms with Crippen molar-refractivity contribution in [3.05, 3.63) is 64.4 Å². The minimum Gasteiger partial charge on any atom is -0.375 e. The number of piperazine rings is 1. The Morgan fingerprint density at radius 1 is 1.10 bits per heavy atom. The molecular weight excluding hydrogens is 389 g/mol. The van der Waals surface area contributed by atoms with E-state index in [1.165, 1.54) is 11.6 Å². The molecule has 0 radical (unpaired) electrons. The van der Waals surface area contributed by atoms with Crippen LogP contribution in [0.5, 0.6) is 0 Å². The Kier molecular flexibility index (Phi) is 5.48. The molecule has 4 nitrogen and oxygen atoms in total. The Morgan fingerprint density at radius 2 is 1.90 bits per heavy atom. The van der Waals surface area contributed by atoms with Crippen molar-refractivity contribution >= 4 is 17.3 Å². The maximum Gasteiger partial charge on any atom is 0.148 e. The lowest BCUT2D eigenvalue weighted by Gasteiger charge is -2.46. The highest BCUT2D eigenvalue weighted by Gasteiger charge is 2.43. The van der Waals surface area contributed by atoms with Crippen LogP contribution in [0.1, 0.15) is 36.1 Å². The molecule has 0 spiro atoms. The fraction of sp³-hybridized carbons (Fsp3) is 0.478. The lowest BCUT2D eigenvalue weighted by atomic mass is 9.76. The van der Waals surface area contributed by atoms with Gasteiger partial charge in [-0.2, -0.15) is 0 Å². The summed E-state index contributed by atoms with van der Waals surface area (Å²) in [6.45, 7) is 5.11. The molecule has 0 unspecified atom stereocenters. The molecular formula is C23H27ClFN3O. The van der Waals surface area contributed by atoms with Gasteiger partial charge < -0.3 is 15.4 Å². The average molecular weight is 416 g/mol. The topological polar surface area (TPSA) is 36.5 Å². The number of rotatable bonds is 3. The first-order valence-corrected chi connectivity index (χ1v) is 11.0. The van der Waals surface area contributed by atoms with Gasteiger partial charge in [-0.3, -0.25) is 4.90 Å². The number of ether oxygens (including phenoxy) is 1. The first-order chi connectivity index (χ1) is 14.2. The lowest BCUT2D eigenvalue weighted by Crippen LogP contribution is -2.48. The van der Waals surface area contributed by atoms with E-state index in [4.69, 9.17) is 16.3 Å². The molecule has 2 fully saturated rings. The van der Waals surface area contributed by atoms with Crippen molar-refractivity contribution in [3.8, 4) is 0 Å². The summed E-state index contributed by atoms with van der Waals surface area (Å²) in [6.07, 6.45) is 2.08. The van der Waals surface area contributed by atoms with E-state index < -0.39 is 0 Å². The Labute approximate surface area is 176 Å². The summed E-state index contributed by atoms with van der Waals surface area (Å²) >= 11 is 6.22. The van der Waals surface area contributed by atoms with Crippen LogP contribution < -0.4 is 10.6 Å². The van der Waals surface area contributed by atoms with Gasteiger partial charge in [-0.25, -0.2) is 4.39 Å². The third-order valence-electron chi connectivity index (χ3n) is 6.50. The monoisotopic (exact) mass is 415 g/mol. The summed E-state index contributed by atoms with van der Waals surface area (Å²) in [5.74, 6) is -0.0539. The van der Waals surface area contributed by atoms with E-state index in [9.17, 15) is 4.39 Å². The number of nitrogens with one attached hydrogen (secondary N) is 2. The first kappa shape index (κ1) is 19.3. The third kappa shape index (κ3) is 3.89. The Bertz CT molecular complexity index is 859. The summed E-state index contributed by atoms with van der Waals surface area (Å²) in [4.78, 5) is 2.47. The molecule has 0 saturated carbocycles. The molecule has 0 aliphatic carbocycles. The fourth-order valence-corrected chi connectivity index (χ4v) is 5.30. The average Bonchev–Trinajstić information content (AvgIpc) is 2.75. The van der Waals surface area contributed by atoms with Crippen LogP contribution in [-0.4, -0.2) is 43.7 Å². The zero-order valence-corrected chi connectivity index (χ0v) is 17.2. The molecule has 2 aromatic rings. The van der Waals surface area contributed by atoms with Crippen molar-refractivity contribution in [3.63, 3.8) is 0 Å². The van der Waals surface area contributed by atoms with Gasteiger partial charge in [0.25, 0.3) is 0 Å². The van der Waals surface area contributed by atoms with E-state index in [1.807, 2.05) is 24.3 Å². The van der Waals surface area contributed by atoms with Crippen molar-refractivity contribution < 1.29 is 9.13 Å². The van der Waals surface area contributed by atoms with Gasteiger partial charge in [0.15, 0.2) is 0 Å². The van der Waals surface area contributed by atoms with Crippen LogP contribution >= 0.6 is 11.6 Å². The summed E-state index contributed by atoms with van der Waals surface area (Å²) in [5.41, 5.74) is 2.57. The van der Waals surface area contributed by atoms with E-state index in [0.29, 0.717) is 10.7 Å². The van der Waals surface area contributed by atoms with Crippen LogP contribution in [0.25, 0.3) is 0 Å². The second kappa shape index (κ2) is 8.23. The molecule has 154 valence electrons. The van der Waals surface area contributed by atoms with Gasteiger partial charge in [-0.15, -0.1) is 0 Å². The molecule has 3 aliphatic heterocycles. The van der Waals surface area contributed by atoms with Gasteiger partial charge in [0.05, 0.1) is 23.9 Å². The van der Waals surface area contributed by atoms with Gasteiger partial charge in [-0.1, -0.05) is 41.9 Å². The lowest BCUT2D eigenvalue weighted by molar-refractivity contribution is -0.103. The van der Waals surface area contributed by atoms with Gasteiger partial charge in [-0.05, 0) is 30.5 Å². The SMILES string of the molecule is Fc1cc(Cl)cc2c1N[C@@H](c1ccccc1)[C@@H]1CC[C@H](CN3CCNCC3)O[C@H]21. The summed E-state index contributed by atoms with van der Waals surface area (Å²) < 4.78 is 21.5. The van der Waals surface area contributed by atoms with E-state index in [2.05, 4.69) is 27.7 Å². The Balaban J connectivity index is 1.45. The van der Waals surface area contributed by atoms with Crippen LogP contribution in [0.15, 0.2) is 42.5 Å². The number of hydrogen-bond acceptors (Lipinski definition) is 4. The minimum absolute atomic E-state index is 0.0320. The van der Waals surface area contributed by atoms with Crippen LogP contribution in [0.4, 0.5) is 10.1 Å². The molecule has 6 heteroatoms. The molecule has 0 bridgehead atoms. The summed E-state index contributed by atoms with van der Waals surface area (Å²) in [5, 5.41) is 7.30. The molecule has 3 heterocycles. The summed E-state index contributed by atoms with van der Waals surface area (Å²) in [6, 6.07) is 13.6. The quantitative estimate of drug-likeness (QED) is 0.779. The normalized spacial score (nSPS) is 29.6. The minimum atomic E-state index is -0.306. The molecule has 5 rings (SSSR count). The molecule has 2 saturated heterocycles. The van der Waals surface area contributed by atoms with Crippen molar-refractivity contribution in [2.75, 3.05) is 38.0 Å². The van der Waals surface area contributed by atoms with Crippen molar-refractivity contribution in [2.45, 2.75) is 31.1 Å². The first-order valence-electron chi connectivity index (χ1n) is 10.6. The Hall–Kier alpha value is -1.66. The number of fused-ring (bicyclic) bond motifs is 3. The predicted octanol–water partition coefficient (Wildman–Crippen LogP) is 4.39. The Morgan fingerprint density at radius 3 is 2.69 bits per heavy atom. The van der Waals surface area contributed by atoms with Crippen LogP contribution in [0, 0.1) is 11.7 Å². The van der Waals surface area contributed by atoms with Crippen LogP contribution in [0.3, 0.4) is 0 Å². The van der Waals surface area contributed by atoms with Crippen molar-refractivity contribution in [2.24, 2.45) is 5.92 Å². The van der Waals surface area contributed by atoms with Crippen molar-refractivity contribution in [1.29, 1.82) is 0 Å². The van der Waals surface area contributed by atoms with E-state index in [1.54, 1.807) is 0 Å². The van der Waals surface area contributed by atoms with E-state index in [0.717, 1.165) is 51.1 Å². The molecule has 2 aromatic carbocycles. The fourth-order valence-electron chi connectivity index (χ4n) is 5.09. The van der Waals surface area contributed by atoms with Gasteiger partial charge in [0.2, 0.25) is 0 Å². The van der Waals surface area contributed by atoms with E-state index in [-0.39, 0.29) is 30.0 Å². The number of anilines is 1.